The highest BCUT2D eigenvalue weighted by atomic mass is 32.1. The minimum absolute atomic E-state index is 0.777. The van der Waals surface area contributed by atoms with Crippen LogP contribution in [0.2, 0.25) is 0 Å². The Labute approximate surface area is 304 Å². The molecule has 0 aliphatic carbocycles. The number of unbranched alkanes of at least 4 members (excludes halogenated alkanes) is 4. The van der Waals surface area contributed by atoms with Crippen LogP contribution < -0.4 is 4.74 Å². The molecule has 0 fully saturated rings. The zero-order chi connectivity index (χ0) is 34.3. The summed E-state index contributed by atoms with van der Waals surface area (Å²) in [6.07, 6.45) is 12.6. The second kappa shape index (κ2) is 15.8. The maximum Gasteiger partial charge on any atom is 0.120 e. The first-order valence-electron chi connectivity index (χ1n) is 18.0. The Hall–Kier alpha value is -4.80. The summed E-state index contributed by atoms with van der Waals surface area (Å²) >= 11 is 3.66. The number of hydrogen-bond donors (Lipinski definition) is 0. The van der Waals surface area contributed by atoms with E-state index in [-0.39, 0.29) is 0 Å². The summed E-state index contributed by atoms with van der Waals surface area (Å²) in [6.45, 7) is 7.42. The molecular weight excluding hydrogens is 645 g/mol. The lowest BCUT2D eigenvalue weighted by molar-refractivity contribution is 0.306. The van der Waals surface area contributed by atoms with Gasteiger partial charge in [-0.1, -0.05) is 107 Å². The van der Waals surface area contributed by atoms with Crippen LogP contribution in [-0.2, 0) is 6.42 Å². The number of rotatable bonds is 10. The molecule has 7 aromatic rings. The van der Waals surface area contributed by atoms with E-state index >= 15 is 0 Å². The van der Waals surface area contributed by atoms with Crippen molar-refractivity contribution >= 4 is 69.1 Å². The zero-order valence-electron chi connectivity index (χ0n) is 29.2. The van der Waals surface area contributed by atoms with Crippen molar-refractivity contribution in [1.29, 1.82) is 0 Å². The first-order valence-corrected chi connectivity index (χ1v) is 19.6. The third-order valence-electron chi connectivity index (χ3n) is 9.17. The second-order valence-corrected chi connectivity index (χ2v) is 15.0. The predicted molar refractivity (Wildman–Crippen MR) is 220 cm³/mol. The van der Waals surface area contributed by atoms with Gasteiger partial charge in [0.25, 0.3) is 0 Å². The minimum Gasteiger partial charge on any atom is -0.494 e. The molecule has 1 nitrogen and oxygen atoms in total. The third kappa shape index (κ3) is 7.66. The molecule has 0 spiro atoms. The van der Waals surface area contributed by atoms with Crippen LogP contribution in [0.4, 0.5) is 0 Å². The first kappa shape index (κ1) is 33.7. The fourth-order valence-electron chi connectivity index (χ4n) is 6.35. The van der Waals surface area contributed by atoms with Crippen molar-refractivity contribution in [2.45, 2.75) is 65.7 Å². The highest BCUT2D eigenvalue weighted by Crippen LogP contribution is 2.37. The first-order chi connectivity index (χ1) is 24.6. The Morgan fingerprint density at radius 3 is 1.82 bits per heavy atom. The van der Waals surface area contributed by atoms with E-state index in [1.165, 1.54) is 77.2 Å². The molecule has 50 heavy (non-hydrogen) atoms. The van der Waals surface area contributed by atoms with E-state index in [0.29, 0.717) is 0 Å². The number of hydrogen-bond acceptors (Lipinski definition) is 3. The SMILES string of the molecule is CCCC/C=C/c1ccc2c(c1)sc1cc(C#Cc3ccc(C#Cc4ccc5c(c4)sc4cc(OCCCCC)ccc45)cc3CC)ccc12. The molecule has 0 atom stereocenters. The van der Waals surface area contributed by atoms with E-state index in [2.05, 4.69) is 148 Å². The molecule has 0 amide bonds. The van der Waals surface area contributed by atoms with E-state index in [1.807, 2.05) is 22.7 Å². The van der Waals surface area contributed by atoms with Crippen LogP contribution in [-0.4, -0.2) is 6.61 Å². The van der Waals surface area contributed by atoms with Crippen LogP contribution in [0.5, 0.6) is 5.75 Å². The monoisotopic (exact) mass is 686 g/mol. The van der Waals surface area contributed by atoms with Gasteiger partial charge in [-0.3, -0.25) is 0 Å². The minimum atomic E-state index is 0.777. The Morgan fingerprint density at radius 1 is 0.560 bits per heavy atom. The second-order valence-electron chi connectivity index (χ2n) is 12.9. The maximum atomic E-state index is 6.01. The van der Waals surface area contributed by atoms with E-state index in [9.17, 15) is 0 Å². The molecule has 5 aromatic carbocycles. The van der Waals surface area contributed by atoms with Crippen molar-refractivity contribution in [3.63, 3.8) is 0 Å². The summed E-state index contributed by atoms with van der Waals surface area (Å²) in [4.78, 5) is 0. The van der Waals surface area contributed by atoms with Gasteiger partial charge in [0.05, 0.1) is 6.61 Å². The lowest BCUT2D eigenvalue weighted by Gasteiger charge is -2.05. The van der Waals surface area contributed by atoms with E-state index < -0.39 is 0 Å². The molecule has 0 bridgehead atoms. The van der Waals surface area contributed by atoms with E-state index in [4.69, 9.17) is 4.74 Å². The summed E-state index contributed by atoms with van der Waals surface area (Å²) in [5.74, 6) is 14.7. The van der Waals surface area contributed by atoms with Crippen LogP contribution in [0.1, 0.15) is 92.7 Å². The van der Waals surface area contributed by atoms with Crippen molar-refractivity contribution in [2.24, 2.45) is 0 Å². The molecule has 248 valence electrons. The standard InChI is InChI=1S/C47H42OS2/c1-4-7-9-10-12-33-17-23-40-41-25-19-36(31-45(41)49-44(40)29-33)16-21-38-20-15-34(28-37(38)6-3)13-14-35-18-24-42-43-26-22-39(48-27-11-8-5-2)32-47(43)50-46(42)30-35/h10,12,15,17-20,22-26,28-32H,4-9,11,27H2,1-3H3/b12-10+. The Kier molecular flexibility index (Phi) is 10.7. The van der Waals surface area contributed by atoms with Crippen LogP contribution >= 0.6 is 22.7 Å². The molecule has 0 aliphatic heterocycles. The van der Waals surface area contributed by atoms with Gasteiger partial charge in [0.1, 0.15) is 5.75 Å². The van der Waals surface area contributed by atoms with Crippen molar-refractivity contribution in [2.75, 3.05) is 6.61 Å². The molecule has 3 heteroatoms. The average molecular weight is 687 g/mol. The predicted octanol–water partition coefficient (Wildman–Crippen LogP) is 13.6. The quantitative estimate of drug-likeness (QED) is 0.103. The van der Waals surface area contributed by atoms with Crippen LogP contribution in [0.3, 0.4) is 0 Å². The molecule has 0 saturated carbocycles. The van der Waals surface area contributed by atoms with Crippen LogP contribution in [0.15, 0.2) is 97.1 Å². The Balaban J connectivity index is 1.07. The average Bonchev–Trinajstić information content (AvgIpc) is 3.70. The molecular formula is C47H42OS2. The summed E-state index contributed by atoms with van der Waals surface area (Å²) in [5.41, 5.74) is 6.64. The number of aryl methyl sites for hydroxylation is 1. The fourth-order valence-corrected chi connectivity index (χ4v) is 8.72. The normalized spacial score (nSPS) is 11.3. The Morgan fingerprint density at radius 2 is 1.14 bits per heavy atom. The highest BCUT2D eigenvalue weighted by Gasteiger charge is 2.08. The molecule has 0 saturated heterocycles. The summed E-state index contributed by atoms with van der Waals surface area (Å²) in [5, 5.41) is 5.17. The molecule has 0 radical (unpaired) electrons. The number of thiophene rings is 2. The van der Waals surface area contributed by atoms with Gasteiger partial charge in [0.2, 0.25) is 0 Å². The van der Waals surface area contributed by atoms with Gasteiger partial charge in [-0.25, -0.2) is 0 Å². The number of allylic oxidation sites excluding steroid dienone is 1. The topological polar surface area (TPSA) is 9.23 Å². The smallest absolute Gasteiger partial charge is 0.120 e. The van der Waals surface area contributed by atoms with Crippen molar-refractivity contribution in [1.82, 2.24) is 0 Å². The van der Waals surface area contributed by atoms with Gasteiger partial charge < -0.3 is 4.74 Å². The zero-order valence-corrected chi connectivity index (χ0v) is 30.8. The molecule has 0 unspecified atom stereocenters. The van der Waals surface area contributed by atoms with E-state index in [1.54, 1.807) is 0 Å². The largest absolute Gasteiger partial charge is 0.494 e. The molecule has 2 aromatic heterocycles. The number of ether oxygens (including phenoxy) is 1. The molecule has 7 rings (SSSR count). The number of benzene rings is 5. The summed E-state index contributed by atoms with van der Waals surface area (Å²) < 4.78 is 11.1. The van der Waals surface area contributed by atoms with Gasteiger partial charge in [0, 0.05) is 62.6 Å². The third-order valence-corrected chi connectivity index (χ3v) is 11.4. The van der Waals surface area contributed by atoms with Crippen LogP contribution in [0.25, 0.3) is 46.4 Å². The van der Waals surface area contributed by atoms with Gasteiger partial charge in [-0.2, -0.15) is 0 Å². The summed E-state index contributed by atoms with van der Waals surface area (Å²) in [7, 11) is 0. The lowest BCUT2D eigenvalue weighted by Crippen LogP contribution is -1.96. The van der Waals surface area contributed by atoms with Crippen LogP contribution in [0, 0.1) is 23.7 Å². The maximum absolute atomic E-state index is 6.01. The van der Waals surface area contributed by atoms with Gasteiger partial charge in [0.15, 0.2) is 0 Å². The highest BCUT2D eigenvalue weighted by molar-refractivity contribution is 7.26. The van der Waals surface area contributed by atoms with Gasteiger partial charge in [-0.15, -0.1) is 22.7 Å². The summed E-state index contributed by atoms with van der Waals surface area (Å²) in [6, 6.07) is 32.9. The van der Waals surface area contributed by atoms with Crippen molar-refractivity contribution in [3.8, 4) is 29.4 Å². The number of fused-ring (bicyclic) bond motifs is 6. The van der Waals surface area contributed by atoms with Crippen molar-refractivity contribution < 1.29 is 4.74 Å². The van der Waals surface area contributed by atoms with E-state index in [0.717, 1.165) is 53.9 Å². The molecule has 0 aliphatic rings. The lowest BCUT2D eigenvalue weighted by atomic mass is 10.0. The molecule has 0 N–H and O–H groups in total. The fraction of sp³-hybridized carbons (Fsp3) is 0.234. The van der Waals surface area contributed by atoms with Crippen molar-refractivity contribution in [3.05, 3.63) is 130 Å². The van der Waals surface area contributed by atoms with Gasteiger partial charge >= 0.3 is 0 Å². The molecule has 2 heterocycles. The van der Waals surface area contributed by atoms with Gasteiger partial charge in [-0.05, 0) is 97.1 Å². The Bertz CT molecular complexity index is 2470.